The van der Waals surface area contributed by atoms with Gasteiger partial charge in [-0.25, -0.2) is 4.39 Å². The number of nitrogens with two attached hydrogens (primary N) is 1. The first-order valence-corrected chi connectivity index (χ1v) is 17.3. The number of carbonyl (C=O) groups excluding carboxylic acids is 3. The number of carbonyl (C=O) groups is 3. The SMILES string of the molecule is CC(C)(C)OC(=O)CC[C@@H](C(N)=O)N1Cc2c(OCc3ccc4c(c3)CCC[C@@H]4N3CCN(c4ccc(C#N)cc4F)CC3)cccc2C1=O. The molecule has 1 aliphatic carbocycles. The highest BCUT2D eigenvalue weighted by atomic mass is 19.1. The molecule has 0 saturated carbocycles. The first-order valence-electron chi connectivity index (χ1n) is 17.3. The van der Waals surface area contributed by atoms with E-state index >= 15 is 0 Å². The number of hydrogen-bond donors (Lipinski definition) is 1. The number of ether oxygens (including phenoxy) is 2. The summed E-state index contributed by atoms with van der Waals surface area (Å²) in [5.41, 5.74) is 10.7. The maximum absolute atomic E-state index is 14.7. The molecule has 0 radical (unpaired) electrons. The van der Waals surface area contributed by atoms with Crippen LogP contribution in [0.15, 0.2) is 54.6 Å². The van der Waals surface area contributed by atoms with Gasteiger partial charge in [-0.05, 0) is 93.5 Å². The summed E-state index contributed by atoms with van der Waals surface area (Å²) in [5.74, 6) is -1.23. The molecule has 3 aromatic carbocycles. The first-order chi connectivity index (χ1) is 23.9. The van der Waals surface area contributed by atoms with E-state index in [0.29, 0.717) is 53.9 Å². The Hall–Kier alpha value is -4.95. The molecule has 0 spiro atoms. The monoisotopic (exact) mass is 681 g/mol. The highest BCUT2D eigenvalue weighted by Crippen LogP contribution is 2.37. The molecule has 3 aromatic rings. The molecule has 2 heterocycles. The van der Waals surface area contributed by atoms with Crippen LogP contribution in [0.25, 0.3) is 0 Å². The van der Waals surface area contributed by atoms with Gasteiger partial charge in [0.2, 0.25) is 5.91 Å². The van der Waals surface area contributed by atoms with Gasteiger partial charge < -0.3 is 25.0 Å². The second-order valence-electron chi connectivity index (χ2n) is 14.3. The summed E-state index contributed by atoms with van der Waals surface area (Å²) in [5, 5.41) is 9.07. The topological polar surface area (TPSA) is 129 Å². The number of aryl methyl sites for hydroxylation is 1. The molecule has 0 unspecified atom stereocenters. The van der Waals surface area contributed by atoms with Gasteiger partial charge in [0.05, 0.1) is 23.9 Å². The van der Waals surface area contributed by atoms with Crippen LogP contribution < -0.4 is 15.4 Å². The van der Waals surface area contributed by atoms with Gasteiger partial charge in [0.15, 0.2) is 0 Å². The number of nitriles is 1. The Morgan fingerprint density at radius 2 is 1.86 bits per heavy atom. The number of piperazine rings is 1. The third-order valence-corrected chi connectivity index (χ3v) is 9.76. The van der Waals surface area contributed by atoms with E-state index < -0.39 is 23.5 Å². The predicted molar refractivity (Wildman–Crippen MR) is 186 cm³/mol. The molecule has 0 aromatic heterocycles. The third-order valence-electron chi connectivity index (χ3n) is 9.76. The average Bonchev–Trinajstić information content (AvgIpc) is 3.42. The molecule has 3 aliphatic rings. The number of esters is 1. The molecule has 2 N–H and O–H groups in total. The molecule has 10 nitrogen and oxygen atoms in total. The average molecular weight is 682 g/mol. The molecule has 6 rings (SSSR count). The Morgan fingerprint density at radius 1 is 1.08 bits per heavy atom. The maximum Gasteiger partial charge on any atom is 0.306 e. The summed E-state index contributed by atoms with van der Waals surface area (Å²) in [6, 6.07) is 17.8. The van der Waals surface area contributed by atoms with Crippen LogP contribution in [0, 0.1) is 17.1 Å². The normalized spacial score (nSPS) is 18.2. The second-order valence-corrected chi connectivity index (χ2v) is 14.3. The molecule has 0 bridgehead atoms. The summed E-state index contributed by atoms with van der Waals surface area (Å²) >= 11 is 0. The summed E-state index contributed by atoms with van der Waals surface area (Å²) in [7, 11) is 0. The van der Waals surface area contributed by atoms with Crippen molar-refractivity contribution >= 4 is 23.5 Å². The van der Waals surface area contributed by atoms with E-state index in [4.69, 9.17) is 20.5 Å². The van der Waals surface area contributed by atoms with Crippen LogP contribution in [0.4, 0.5) is 10.1 Å². The minimum absolute atomic E-state index is 0.0394. The number of anilines is 1. The highest BCUT2D eigenvalue weighted by molar-refractivity contribution is 6.01. The Morgan fingerprint density at radius 3 is 2.56 bits per heavy atom. The Bertz CT molecular complexity index is 1820. The van der Waals surface area contributed by atoms with Crippen molar-refractivity contribution < 1.29 is 28.2 Å². The zero-order valence-corrected chi connectivity index (χ0v) is 28.9. The molecular weight excluding hydrogens is 637 g/mol. The van der Waals surface area contributed by atoms with Gasteiger partial charge in [-0.15, -0.1) is 0 Å². The zero-order chi connectivity index (χ0) is 35.6. The smallest absolute Gasteiger partial charge is 0.306 e. The van der Waals surface area contributed by atoms with Gasteiger partial charge in [0.25, 0.3) is 5.91 Å². The Labute approximate surface area is 292 Å². The van der Waals surface area contributed by atoms with E-state index in [1.54, 1.807) is 45.0 Å². The van der Waals surface area contributed by atoms with Gasteiger partial charge in [0, 0.05) is 49.8 Å². The molecular formula is C39H44FN5O5. The van der Waals surface area contributed by atoms with E-state index in [2.05, 4.69) is 28.0 Å². The Balaban J connectivity index is 1.08. The number of primary amides is 1. The molecule has 2 amide bonds. The van der Waals surface area contributed by atoms with Gasteiger partial charge in [0.1, 0.15) is 29.8 Å². The van der Waals surface area contributed by atoms with Crippen molar-refractivity contribution in [2.45, 2.75) is 83.7 Å². The van der Waals surface area contributed by atoms with Crippen molar-refractivity contribution in [1.82, 2.24) is 9.80 Å². The van der Waals surface area contributed by atoms with Crippen molar-refractivity contribution in [3.63, 3.8) is 0 Å². The lowest BCUT2D eigenvalue weighted by Crippen LogP contribution is -2.48. The summed E-state index contributed by atoms with van der Waals surface area (Å²) < 4.78 is 26.3. The summed E-state index contributed by atoms with van der Waals surface area (Å²) in [6.07, 6.45) is 3.16. The lowest BCUT2D eigenvalue weighted by atomic mass is 9.85. The second kappa shape index (κ2) is 14.5. The van der Waals surface area contributed by atoms with Crippen molar-refractivity contribution in [2.75, 3.05) is 31.1 Å². The van der Waals surface area contributed by atoms with Crippen molar-refractivity contribution in [1.29, 1.82) is 5.26 Å². The third kappa shape index (κ3) is 7.60. The maximum atomic E-state index is 14.7. The number of halogens is 1. The number of rotatable bonds is 10. The minimum Gasteiger partial charge on any atom is -0.489 e. The van der Waals surface area contributed by atoms with E-state index in [1.807, 2.05) is 12.1 Å². The number of nitrogens with zero attached hydrogens (tertiary/aromatic N) is 4. The zero-order valence-electron chi connectivity index (χ0n) is 28.9. The fourth-order valence-electron chi connectivity index (χ4n) is 7.39. The number of hydrogen-bond acceptors (Lipinski definition) is 8. The lowest BCUT2D eigenvalue weighted by molar-refractivity contribution is -0.155. The molecule has 50 heavy (non-hydrogen) atoms. The lowest BCUT2D eigenvalue weighted by Gasteiger charge is -2.42. The predicted octanol–water partition coefficient (Wildman–Crippen LogP) is 5.41. The van der Waals surface area contributed by atoms with Crippen molar-refractivity contribution in [3.05, 3.63) is 93.8 Å². The number of fused-ring (bicyclic) bond motifs is 2. The fraction of sp³-hybridized carbons (Fsp3) is 0.436. The molecule has 11 heteroatoms. The van der Waals surface area contributed by atoms with E-state index in [-0.39, 0.29) is 31.1 Å². The molecule has 1 saturated heterocycles. The largest absolute Gasteiger partial charge is 0.489 e. The van der Waals surface area contributed by atoms with Crippen LogP contribution in [0.1, 0.15) is 90.7 Å². The minimum atomic E-state index is -0.955. The standard InChI is InChI=1S/C39H44FN5O5/c1-39(2,3)50-36(46)15-14-34(37(42)47)45-23-30-29(38(45)48)7-5-9-35(30)49-24-26-10-12-28-27(20-26)6-4-8-32(28)43-16-18-44(19-17-43)33-13-11-25(22-41)21-31(33)40/h5,7,9-13,20-21,32,34H,4,6,8,14-19,23-24H2,1-3H3,(H2,42,47)/t32-,34-/m0/s1. The number of benzene rings is 3. The van der Waals surface area contributed by atoms with Gasteiger partial charge in [-0.3, -0.25) is 19.3 Å². The molecule has 2 atom stereocenters. The van der Waals surface area contributed by atoms with Crippen molar-refractivity contribution in [3.8, 4) is 11.8 Å². The van der Waals surface area contributed by atoms with E-state index in [0.717, 1.165) is 37.9 Å². The van der Waals surface area contributed by atoms with Crippen LogP contribution in [-0.2, 0) is 33.9 Å². The van der Waals surface area contributed by atoms with Crippen LogP contribution in [0.3, 0.4) is 0 Å². The Kier molecular flexibility index (Phi) is 10.1. The van der Waals surface area contributed by atoms with Gasteiger partial charge >= 0.3 is 5.97 Å². The summed E-state index contributed by atoms with van der Waals surface area (Å²) in [4.78, 5) is 44.1. The first kappa shape index (κ1) is 34.9. The van der Waals surface area contributed by atoms with E-state index in [1.165, 1.54) is 22.1 Å². The summed E-state index contributed by atoms with van der Waals surface area (Å²) in [6.45, 7) is 8.86. The number of amides is 2. The van der Waals surface area contributed by atoms with Gasteiger partial charge in [-0.1, -0.05) is 24.3 Å². The van der Waals surface area contributed by atoms with Crippen molar-refractivity contribution in [2.24, 2.45) is 5.73 Å². The highest BCUT2D eigenvalue weighted by Gasteiger charge is 2.37. The fourth-order valence-corrected chi connectivity index (χ4v) is 7.39. The van der Waals surface area contributed by atoms with E-state index in [9.17, 15) is 18.8 Å². The van der Waals surface area contributed by atoms with Crippen LogP contribution in [0.2, 0.25) is 0 Å². The molecule has 2 aliphatic heterocycles. The molecule has 1 fully saturated rings. The molecule has 262 valence electrons. The van der Waals surface area contributed by atoms with Crippen LogP contribution in [-0.4, -0.2) is 65.4 Å². The quantitative estimate of drug-likeness (QED) is 0.282. The van der Waals surface area contributed by atoms with Crippen LogP contribution in [0.5, 0.6) is 5.75 Å². The van der Waals surface area contributed by atoms with Gasteiger partial charge in [-0.2, -0.15) is 5.26 Å². The van der Waals surface area contributed by atoms with Crippen LogP contribution >= 0.6 is 0 Å².